The number of urea groups is 1. The zero-order valence-corrected chi connectivity index (χ0v) is 15.1. The average molecular weight is 347 g/mol. The van der Waals surface area contributed by atoms with E-state index in [0.717, 1.165) is 49.4 Å². The third-order valence-corrected chi connectivity index (χ3v) is 4.37. The predicted molar refractivity (Wildman–Crippen MR) is 98.8 cm³/mol. The first-order chi connectivity index (χ1) is 12.0. The molecular formula is C19H29N3O3. The van der Waals surface area contributed by atoms with Gasteiger partial charge in [0.2, 0.25) is 0 Å². The third kappa shape index (κ3) is 6.40. The Balaban J connectivity index is 1.69. The summed E-state index contributed by atoms with van der Waals surface area (Å²) in [5.74, 6) is 0.736. The first kappa shape index (κ1) is 19.3. The maximum atomic E-state index is 12.0. The summed E-state index contributed by atoms with van der Waals surface area (Å²) in [6, 6.07) is 7.11. The number of aliphatic hydroxyl groups is 1. The van der Waals surface area contributed by atoms with Gasteiger partial charge < -0.3 is 20.5 Å². The molecule has 3 N–H and O–H groups in total. The van der Waals surface area contributed by atoms with Gasteiger partial charge in [-0.3, -0.25) is 4.90 Å². The molecule has 0 spiro atoms. The number of methoxy groups -OCH3 is 1. The molecule has 1 aromatic carbocycles. The lowest BCUT2D eigenvalue weighted by atomic mass is 10.0. The molecule has 1 heterocycles. The average Bonchev–Trinajstić information content (AvgIpc) is 2.61. The number of carbonyl (C=O) groups excluding carboxylic acids is 1. The van der Waals surface area contributed by atoms with E-state index in [2.05, 4.69) is 22.1 Å². The number of likely N-dealkylation sites (tertiary alicyclic amines) is 1. The normalized spacial score (nSPS) is 16.9. The van der Waals surface area contributed by atoms with Crippen molar-refractivity contribution in [3.63, 3.8) is 0 Å². The molecule has 0 aromatic heterocycles. The number of carbonyl (C=O) groups is 1. The molecule has 0 radical (unpaired) electrons. The van der Waals surface area contributed by atoms with E-state index >= 15 is 0 Å². The Morgan fingerprint density at radius 3 is 2.56 bits per heavy atom. The van der Waals surface area contributed by atoms with Crippen LogP contribution in [0.5, 0.6) is 5.75 Å². The molecule has 1 aliphatic rings. The molecular weight excluding hydrogens is 318 g/mol. The first-order valence-corrected chi connectivity index (χ1v) is 8.71. The van der Waals surface area contributed by atoms with Gasteiger partial charge in [0.1, 0.15) is 5.75 Å². The molecule has 0 aliphatic carbocycles. The molecule has 2 amide bonds. The Bertz CT molecular complexity index is 566. The number of hydrogen-bond donors (Lipinski definition) is 3. The highest BCUT2D eigenvalue weighted by Crippen LogP contribution is 2.17. The summed E-state index contributed by atoms with van der Waals surface area (Å²) in [5.41, 5.74) is 1.91. The van der Waals surface area contributed by atoms with Crippen LogP contribution in [-0.4, -0.2) is 55.4 Å². The molecule has 0 saturated carbocycles. The van der Waals surface area contributed by atoms with Crippen molar-refractivity contribution in [3.05, 3.63) is 42.0 Å². The second-order valence-electron chi connectivity index (χ2n) is 6.65. The maximum Gasteiger partial charge on any atom is 0.315 e. The lowest BCUT2D eigenvalue weighted by molar-refractivity contribution is 0.169. The van der Waals surface area contributed by atoms with Crippen molar-refractivity contribution >= 4 is 6.03 Å². The Kier molecular flexibility index (Phi) is 7.28. The van der Waals surface area contributed by atoms with Gasteiger partial charge >= 0.3 is 6.03 Å². The number of piperidine rings is 1. The van der Waals surface area contributed by atoms with Crippen LogP contribution in [0.25, 0.3) is 0 Å². The van der Waals surface area contributed by atoms with Crippen LogP contribution in [0.3, 0.4) is 0 Å². The van der Waals surface area contributed by atoms with Gasteiger partial charge in [0.25, 0.3) is 0 Å². The quantitative estimate of drug-likeness (QED) is 0.660. The van der Waals surface area contributed by atoms with E-state index in [9.17, 15) is 9.90 Å². The van der Waals surface area contributed by atoms with Crippen molar-refractivity contribution in [2.75, 3.05) is 33.3 Å². The van der Waals surface area contributed by atoms with E-state index in [1.807, 2.05) is 6.92 Å². The smallest absolute Gasteiger partial charge is 0.315 e. The predicted octanol–water partition coefficient (Wildman–Crippen LogP) is 2.07. The van der Waals surface area contributed by atoms with E-state index in [-0.39, 0.29) is 18.6 Å². The third-order valence-electron chi connectivity index (χ3n) is 4.37. The van der Waals surface area contributed by atoms with Crippen LogP contribution in [0.1, 0.15) is 31.4 Å². The van der Waals surface area contributed by atoms with Crippen LogP contribution in [0.4, 0.5) is 4.79 Å². The number of ether oxygens (including phenoxy) is 1. The summed E-state index contributed by atoms with van der Waals surface area (Å²) >= 11 is 0. The highest BCUT2D eigenvalue weighted by Gasteiger charge is 2.20. The molecule has 0 bridgehead atoms. The van der Waals surface area contributed by atoms with Gasteiger partial charge in [-0.25, -0.2) is 4.79 Å². The Morgan fingerprint density at radius 2 is 2.00 bits per heavy atom. The largest absolute Gasteiger partial charge is 0.497 e. The minimum absolute atomic E-state index is 0.173. The zero-order valence-electron chi connectivity index (χ0n) is 15.1. The van der Waals surface area contributed by atoms with E-state index in [0.29, 0.717) is 0 Å². The highest BCUT2D eigenvalue weighted by atomic mass is 16.5. The van der Waals surface area contributed by atoms with Crippen LogP contribution in [-0.2, 0) is 0 Å². The number of aliphatic hydroxyl groups excluding tert-OH is 1. The monoisotopic (exact) mass is 347 g/mol. The van der Waals surface area contributed by atoms with Crippen molar-refractivity contribution in [2.24, 2.45) is 0 Å². The lowest BCUT2D eigenvalue weighted by Gasteiger charge is -2.32. The molecule has 1 fully saturated rings. The molecule has 2 rings (SSSR count). The van der Waals surface area contributed by atoms with Crippen molar-refractivity contribution in [2.45, 2.75) is 31.9 Å². The number of nitrogens with zero attached hydrogens (tertiary/aromatic N) is 1. The summed E-state index contributed by atoms with van der Waals surface area (Å²) in [7, 11) is 1.60. The minimum Gasteiger partial charge on any atom is -0.497 e. The van der Waals surface area contributed by atoms with Crippen LogP contribution in [0, 0.1) is 0 Å². The highest BCUT2D eigenvalue weighted by molar-refractivity contribution is 5.74. The van der Waals surface area contributed by atoms with E-state index in [4.69, 9.17) is 4.74 Å². The summed E-state index contributed by atoms with van der Waals surface area (Å²) in [6.07, 6.45) is 1.12. The Labute approximate surface area is 149 Å². The molecule has 138 valence electrons. The Hall–Kier alpha value is -2.05. The standard InChI is InChI=1S/C19H29N3O3/c1-14(2)13-22-10-8-16(9-11-22)21-19(24)20-12-18(23)15-4-6-17(25-3)7-5-15/h4-7,16,18,23H,1,8-13H2,2-3H3,(H2,20,21,24)/t18-/m0/s1. The number of benzene rings is 1. The molecule has 1 saturated heterocycles. The first-order valence-electron chi connectivity index (χ1n) is 8.71. The summed E-state index contributed by atoms with van der Waals surface area (Å²) in [6.45, 7) is 9.00. The van der Waals surface area contributed by atoms with Crippen molar-refractivity contribution in [1.82, 2.24) is 15.5 Å². The van der Waals surface area contributed by atoms with E-state index < -0.39 is 6.10 Å². The molecule has 6 heteroatoms. The van der Waals surface area contributed by atoms with Gasteiger partial charge in [-0.15, -0.1) is 0 Å². The number of hydrogen-bond acceptors (Lipinski definition) is 4. The van der Waals surface area contributed by atoms with Gasteiger partial charge in [-0.05, 0) is 37.5 Å². The van der Waals surface area contributed by atoms with Gasteiger partial charge in [-0.1, -0.05) is 24.3 Å². The molecule has 1 aromatic rings. The zero-order chi connectivity index (χ0) is 18.2. The summed E-state index contributed by atoms with van der Waals surface area (Å²) < 4.78 is 5.09. The SMILES string of the molecule is C=C(C)CN1CCC(NC(=O)NC[C@H](O)c2ccc(OC)cc2)CC1. The fraction of sp³-hybridized carbons (Fsp3) is 0.526. The number of nitrogens with one attached hydrogen (secondary N) is 2. The molecule has 1 aliphatic heterocycles. The minimum atomic E-state index is -0.742. The van der Waals surface area contributed by atoms with Crippen molar-refractivity contribution in [1.29, 1.82) is 0 Å². The molecule has 1 atom stereocenters. The van der Waals surface area contributed by atoms with E-state index in [1.54, 1.807) is 31.4 Å². The maximum absolute atomic E-state index is 12.0. The van der Waals surface area contributed by atoms with Crippen LogP contribution in [0.15, 0.2) is 36.4 Å². The van der Waals surface area contributed by atoms with E-state index in [1.165, 1.54) is 0 Å². The fourth-order valence-corrected chi connectivity index (χ4v) is 2.99. The Morgan fingerprint density at radius 1 is 1.36 bits per heavy atom. The topological polar surface area (TPSA) is 73.8 Å². The van der Waals surface area contributed by atoms with Crippen LogP contribution in [0.2, 0.25) is 0 Å². The van der Waals surface area contributed by atoms with Crippen molar-refractivity contribution < 1.29 is 14.6 Å². The fourth-order valence-electron chi connectivity index (χ4n) is 2.99. The molecule has 0 unspecified atom stereocenters. The second kappa shape index (κ2) is 9.44. The van der Waals surface area contributed by atoms with Crippen LogP contribution < -0.4 is 15.4 Å². The van der Waals surface area contributed by atoms with Crippen LogP contribution >= 0.6 is 0 Å². The van der Waals surface area contributed by atoms with Gasteiger partial charge in [0, 0.05) is 32.2 Å². The number of amides is 2. The molecule has 25 heavy (non-hydrogen) atoms. The van der Waals surface area contributed by atoms with Gasteiger partial charge in [0.05, 0.1) is 13.2 Å². The number of rotatable bonds is 7. The van der Waals surface area contributed by atoms with Gasteiger partial charge in [-0.2, -0.15) is 0 Å². The second-order valence-corrected chi connectivity index (χ2v) is 6.65. The molecule has 6 nitrogen and oxygen atoms in total. The van der Waals surface area contributed by atoms with Crippen molar-refractivity contribution in [3.8, 4) is 5.75 Å². The summed E-state index contributed by atoms with van der Waals surface area (Å²) in [4.78, 5) is 14.4. The lowest BCUT2D eigenvalue weighted by Crippen LogP contribution is -2.48. The summed E-state index contributed by atoms with van der Waals surface area (Å²) in [5, 5.41) is 15.9. The van der Waals surface area contributed by atoms with Gasteiger partial charge in [0.15, 0.2) is 0 Å².